The van der Waals surface area contributed by atoms with Crippen molar-refractivity contribution in [2.45, 2.75) is 6.18 Å². The maximum Gasteiger partial charge on any atom is 0.417 e. The molecule has 1 aromatic heterocycles. The van der Waals surface area contributed by atoms with E-state index >= 15 is 0 Å². The second-order valence-corrected chi connectivity index (χ2v) is 7.79. The van der Waals surface area contributed by atoms with Gasteiger partial charge in [-0.3, -0.25) is 14.8 Å². The van der Waals surface area contributed by atoms with E-state index in [0.717, 1.165) is 18.7 Å². The van der Waals surface area contributed by atoms with E-state index in [-0.39, 0.29) is 0 Å². The zero-order chi connectivity index (χ0) is 25.0. The van der Waals surface area contributed by atoms with Crippen LogP contribution < -0.4 is 15.4 Å². The van der Waals surface area contributed by atoms with Crippen LogP contribution in [0.25, 0.3) is 6.08 Å². The number of rotatable bonds is 6. The van der Waals surface area contributed by atoms with Crippen LogP contribution in [-0.4, -0.2) is 34.9 Å². The van der Waals surface area contributed by atoms with E-state index < -0.39 is 34.1 Å². The van der Waals surface area contributed by atoms with E-state index in [1.807, 2.05) is 0 Å². The number of hydrogen-bond acceptors (Lipinski definition) is 6. The molecule has 4 rings (SSSR count). The highest BCUT2D eigenvalue weighted by atomic mass is 35.5. The largest absolute Gasteiger partial charge is 0.506 e. The predicted octanol–water partition coefficient (Wildman–Crippen LogP) is 5.25. The van der Waals surface area contributed by atoms with Crippen molar-refractivity contribution < 1.29 is 27.8 Å². The third-order valence-electron chi connectivity index (χ3n) is 4.82. The average molecular weight is 503 g/mol. The van der Waals surface area contributed by atoms with Crippen molar-refractivity contribution in [3.63, 3.8) is 0 Å². The molecular formula is C24H18ClF3N4O3. The number of aromatic nitrogens is 1. The minimum Gasteiger partial charge on any atom is -0.506 e. The van der Waals surface area contributed by atoms with Gasteiger partial charge in [0, 0.05) is 31.0 Å². The van der Waals surface area contributed by atoms with Crippen LogP contribution in [0.15, 0.2) is 65.8 Å². The van der Waals surface area contributed by atoms with Crippen molar-refractivity contribution in [3.05, 3.63) is 82.6 Å². The predicted molar refractivity (Wildman–Crippen MR) is 126 cm³/mol. The van der Waals surface area contributed by atoms with Crippen LogP contribution in [0.3, 0.4) is 0 Å². The van der Waals surface area contributed by atoms with E-state index in [1.165, 1.54) is 6.08 Å². The number of carbonyl (C=O) groups excluding carboxylic acids is 1. The summed E-state index contributed by atoms with van der Waals surface area (Å²) >= 11 is 5.55. The smallest absolute Gasteiger partial charge is 0.417 e. The van der Waals surface area contributed by atoms with Crippen molar-refractivity contribution in [2.75, 3.05) is 18.4 Å². The number of aliphatic imine (C=N–C) groups is 1. The van der Waals surface area contributed by atoms with E-state index in [0.29, 0.717) is 41.2 Å². The van der Waals surface area contributed by atoms with Gasteiger partial charge in [0.1, 0.15) is 28.8 Å². The number of hydrogen-bond donors (Lipinski definition) is 3. The third kappa shape index (κ3) is 6.10. The molecule has 1 amide bonds. The highest BCUT2D eigenvalue weighted by Crippen LogP contribution is 2.40. The Balaban J connectivity index is 1.44. The number of pyridine rings is 1. The van der Waals surface area contributed by atoms with E-state index in [4.69, 9.17) is 16.3 Å². The number of amidine groups is 1. The zero-order valence-corrected chi connectivity index (χ0v) is 18.7. The number of nitrogens with one attached hydrogen (secondary N) is 2. The Morgan fingerprint density at radius 3 is 2.71 bits per heavy atom. The minimum atomic E-state index is -4.74. The molecule has 3 aromatic rings. The molecule has 0 saturated carbocycles. The first kappa shape index (κ1) is 24.1. The standard InChI is InChI=1S/C24H18ClF3N4O3/c25-18-13-21(33)19(12-17(18)24(26,27)28)32-22(34)5-4-14-2-1-3-15(10-14)35-16-6-7-29-20(11-16)23-30-8-9-31-23/h1-7,10-13,33H,8-9H2,(H,30,31)(H,32,34)/b5-4+. The number of ether oxygens (including phenoxy) is 1. The molecule has 0 aliphatic carbocycles. The molecule has 1 aliphatic heterocycles. The first-order valence-electron chi connectivity index (χ1n) is 10.3. The number of alkyl halides is 3. The number of halogens is 4. The highest BCUT2D eigenvalue weighted by molar-refractivity contribution is 6.31. The minimum absolute atomic E-state index is 0.414. The van der Waals surface area contributed by atoms with Gasteiger partial charge >= 0.3 is 6.18 Å². The molecule has 35 heavy (non-hydrogen) atoms. The van der Waals surface area contributed by atoms with E-state index in [1.54, 1.807) is 42.6 Å². The number of benzene rings is 2. The molecule has 2 aromatic carbocycles. The maximum absolute atomic E-state index is 13.0. The Labute approximate surface area is 202 Å². The van der Waals surface area contributed by atoms with Crippen molar-refractivity contribution in [2.24, 2.45) is 4.99 Å². The van der Waals surface area contributed by atoms with Crippen LogP contribution >= 0.6 is 11.6 Å². The summed E-state index contributed by atoms with van der Waals surface area (Å²) in [6.07, 6.45) is -0.557. The number of carbonyl (C=O) groups is 1. The van der Waals surface area contributed by atoms with E-state index in [2.05, 4.69) is 20.6 Å². The fraction of sp³-hybridized carbons (Fsp3) is 0.125. The molecular weight excluding hydrogens is 485 g/mol. The van der Waals surface area contributed by atoms with Crippen LogP contribution in [0, 0.1) is 0 Å². The van der Waals surface area contributed by atoms with E-state index in [9.17, 15) is 23.1 Å². The van der Waals surface area contributed by atoms with Gasteiger partial charge in [-0.1, -0.05) is 23.7 Å². The number of phenols is 1. The second kappa shape index (κ2) is 10.1. The Morgan fingerprint density at radius 1 is 1.17 bits per heavy atom. The fourth-order valence-electron chi connectivity index (χ4n) is 3.22. The van der Waals surface area contributed by atoms with Gasteiger partial charge in [-0.2, -0.15) is 13.2 Å². The number of amides is 1. The third-order valence-corrected chi connectivity index (χ3v) is 5.13. The summed E-state index contributed by atoms with van der Waals surface area (Å²) in [5.74, 6) is 0.411. The summed E-state index contributed by atoms with van der Waals surface area (Å²) in [6, 6.07) is 11.6. The Morgan fingerprint density at radius 2 is 1.97 bits per heavy atom. The van der Waals surface area contributed by atoms with Crippen molar-refractivity contribution in [3.8, 4) is 17.2 Å². The van der Waals surface area contributed by atoms with Gasteiger partial charge in [0.15, 0.2) is 0 Å². The molecule has 0 unspecified atom stereocenters. The Kier molecular flexibility index (Phi) is 6.92. The first-order chi connectivity index (χ1) is 16.7. The topological polar surface area (TPSA) is 95.8 Å². The summed E-state index contributed by atoms with van der Waals surface area (Å²) in [4.78, 5) is 20.8. The molecule has 11 heteroatoms. The lowest BCUT2D eigenvalue weighted by atomic mass is 10.1. The highest BCUT2D eigenvalue weighted by Gasteiger charge is 2.34. The van der Waals surface area contributed by atoms with Gasteiger partial charge in [0.25, 0.3) is 0 Å². The van der Waals surface area contributed by atoms with Gasteiger partial charge in [-0.15, -0.1) is 0 Å². The maximum atomic E-state index is 13.0. The molecule has 0 fully saturated rings. The lowest BCUT2D eigenvalue weighted by molar-refractivity contribution is -0.137. The lowest BCUT2D eigenvalue weighted by Crippen LogP contribution is -2.20. The normalized spacial score (nSPS) is 13.4. The lowest BCUT2D eigenvalue weighted by Gasteiger charge is -2.12. The molecule has 0 bridgehead atoms. The summed E-state index contributed by atoms with van der Waals surface area (Å²) in [5.41, 5.74) is -0.323. The first-order valence-corrected chi connectivity index (χ1v) is 10.7. The van der Waals surface area contributed by atoms with Crippen LogP contribution in [0.1, 0.15) is 16.8 Å². The molecule has 2 heterocycles. The Bertz CT molecular complexity index is 1330. The summed E-state index contributed by atoms with van der Waals surface area (Å²) in [7, 11) is 0. The molecule has 0 atom stereocenters. The van der Waals surface area contributed by atoms with Crippen LogP contribution in [0.5, 0.6) is 17.2 Å². The zero-order valence-electron chi connectivity index (χ0n) is 17.9. The summed E-state index contributed by atoms with van der Waals surface area (Å²) in [5, 5.41) is 14.5. The SMILES string of the molecule is O=C(/C=C/c1cccc(Oc2ccnc(C3=NCCN3)c2)c1)Nc1cc(C(F)(F)F)c(Cl)cc1O. The molecule has 0 saturated heterocycles. The number of phenolic OH excluding ortho intramolecular Hbond substituents is 1. The quantitative estimate of drug-likeness (QED) is 0.316. The molecule has 0 radical (unpaired) electrons. The number of anilines is 1. The number of nitrogens with zero attached hydrogens (tertiary/aromatic N) is 2. The van der Waals surface area contributed by atoms with Gasteiger partial charge in [-0.25, -0.2) is 0 Å². The van der Waals surface area contributed by atoms with Crippen LogP contribution in [-0.2, 0) is 11.0 Å². The summed E-state index contributed by atoms with van der Waals surface area (Å²) in [6.45, 7) is 1.44. The van der Waals surface area contributed by atoms with Gasteiger partial charge in [0.05, 0.1) is 22.8 Å². The molecule has 3 N–H and O–H groups in total. The molecule has 1 aliphatic rings. The summed E-state index contributed by atoms with van der Waals surface area (Å²) < 4.78 is 45.0. The monoisotopic (exact) mass is 502 g/mol. The van der Waals surface area contributed by atoms with Crippen LogP contribution in [0.4, 0.5) is 18.9 Å². The molecule has 7 nitrogen and oxygen atoms in total. The van der Waals surface area contributed by atoms with Crippen LogP contribution in [0.2, 0.25) is 5.02 Å². The second-order valence-electron chi connectivity index (χ2n) is 7.38. The van der Waals surface area contributed by atoms with Gasteiger partial charge in [0.2, 0.25) is 5.91 Å². The number of aromatic hydroxyl groups is 1. The van der Waals surface area contributed by atoms with Crippen molar-refractivity contribution >= 4 is 35.1 Å². The van der Waals surface area contributed by atoms with Gasteiger partial charge in [-0.05, 0) is 35.9 Å². The Hall–Kier alpha value is -4.05. The molecule has 0 spiro atoms. The van der Waals surface area contributed by atoms with Crippen molar-refractivity contribution in [1.82, 2.24) is 10.3 Å². The average Bonchev–Trinajstić information content (AvgIpc) is 3.34. The van der Waals surface area contributed by atoms with Gasteiger partial charge < -0.3 is 20.5 Å². The fourth-order valence-corrected chi connectivity index (χ4v) is 3.48. The molecule has 180 valence electrons. The van der Waals surface area contributed by atoms with Crippen molar-refractivity contribution in [1.29, 1.82) is 0 Å².